The smallest absolute Gasteiger partial charge is 0.326 e. The summed E-state index contributed by atoms with van der Waals surface area (Å²) in [4.78, 5) is 12.1. The Hall–Kier alpha value is -1.82. The van der Waals surface area contributed by atoms with Crippen molar-refractivity contribution in [3.8, 4) is 0 Å². The van der Waals surface area contributed by atoms with E-state index in [1.807, 2.05) is 30.3 Å². The van der Waals surface area contributed by atoms with Crippen LogP contribution in [0.3, 0.4) is 0 Å². The fourth-order valence-corrected chi connectivity index (χ4v) is 4.09. The van der Waals surface area contributed by atoms with Gasteiger partial charge >= 0.3 is 6.03 Å². The standard InChI is InChI=1S/C13H14N2O3S/c16-13(14-11-6-8-19(17,18)9-11)15-7-5-10-3-1-2-4-12(10)15/h1-5,7,11H,6,8-9H2,(H,14,16). The molecule has 1 fully saturated rings. The van der Waals surface area contributed by atoms with Gasteiger partial charge in [-0.1, -0.05) is 18.2 Å². The molecule has 2 aromatic rings. The van der Waals surface area contributed by atoms with Crippen molar-refractivity contribution in [2.24, 2.45) is 0 Å². The molecule has 1 aliphatic heterocycles. The fourth-order valence-electron chi connectivity index (χ4n) is 2.41. The van der Waals surface area contributed by atoms with Gasteiger partial charge in [0.15, 0.2) is 9.84 Å². The molecule has 1 aromatic carbocycles. The molecule has 100 valence electrons. The third kappa shape index (κ3) is 2.35. The SMILES string of the molecule is O=C(NC1CCS(=O)(=O)C1)n1ccc2ccccc21. The van der Waals surface area contributed by atoms with Gasteiger partial charge in [-0.05, 0) is 18.6 Å². The number of rotatable bonds is 1. The van der Waals surface area contributed by atoms with Gasteiger partial charge in [-0.25, -0.2) is 13.2 Å². The van der Waals surface area contributed by atoms with E-state index in [2.05, 4.69) is 5.32 Å². The first-order chi connectivity index (χ1) is 9.05. The van der Waals surface area contributed by atoms with E-state index >= 15 is 0 Å². The van der Waals surface area contributed by atoms with Crippen LogP contribution in [0.2, 0.25) is 0 Å². The van der Waals surface area contributed by atoms with Gasteiger partial charge in [-0.15, -0.1) is 0 Å². The molecule has 0 bridgehead atoms. The van der Waals surface area contributed by atoms with E-state index < -0.39 is 9.84 Å². The normalized spacial score (nSPS) is 21.6. The topological polar surface area (TPSA) is 68.2 Å². The van der Waals surface area contributed by atoms with Gasteiger partial charge in [0.05, 0.1) is 17.0 Å². The number of nitrogens with one attached hydrogen (secondary N) is 1. The Labute approximate surface area is 111 Å². The van der Waals surface area contributed by atoms with Crippen LogP contribution >= 0.6 is 0 Å². The molecule has 3 rings (SSSR count). The van der Waals surface area contributed by atoms with Crippen LogP contribution in [0.25, 0.3) is 10.9 Å². The maximum absolute atomic E-state index is 12.1. The first kappa shape index (κ1) is 12.2. The molecular formula is C13H14N2O3S. The van der Waals surface area contributed by atoms with Crippen molar-refractivity contribution in [3.05, 3.63) is 36.5 Å². The first-order valence-corrected chi connectivity index (χ1v) is 7.95. The molecule has 0 radical (unpaired) electrons. The first-order valence-electron chi connectivity index (χ1n) is 6.12. The predicted octanol–water partition coefficient (Wildman–Crippen LogP) is 1.39. The fraction of sp³-hybridized carbons (Fsp3) is 0.308. The van der Waals surface area contributed by atoms with Crippen LogP contribution in [0.15, 0.2) is 36.5 Å². The highest BCUT2D eigenvalue weighted by molar-refractivity contribution is 7.91. The largest absolute Gasteiger partial charge is 0.334 e. The summed E-state index contributed by atoms with van der Waals surface area (Å²) in [6, 6.07) is 8.88. The number of para-hydroxylation sites is 1. The van der Waals surface area contributed by atoms with Crippen LogP contribution in [-0.4, -0.2) is 36.6 Å². The van der Waals surface area contributed by atoms with Crippen molar-refractivity contribution >= 4 is 26.8 Å². The molecule has 19 heavy (non-hydrogen) atoms. The molecule has 1 saturated heterocycles. The summed E-state index contributed by atoms with van der Waals surface area (Å²) in [7, 11) is -2.98. The molecule has 0 aliphatic carbocycles. The van der Waals surface area contributed by atoms with Crippen molar-refractivity contribution in [1.82, 2.24) is 9.88 Å². The van der Waals surface area contributed by atoms with E-state index in [0.717, 1.165) is 10.9 Å². The number of nitrogens with zero attached hydrogens (tertiary/aromatic N) is 1. The van der Waals surface area contributed by atoms with Crippen LogP contribution in [0, 0.1) is 0 Å². The molecule has 1 atom stereocenters. The van der Waals surface area contributed by atoms with Crippen LogP contribution in [0.5, 0.6) is 0 Å². The number of sulfone groups is 1. The molecule has 2 heterocycles. The summed E-state index contributed by atoms with van der Waals surface area (Å²) >= 11 is 0. The van der Waals surface area contributed by atoms with Crippen molar-refractivity contribution in [2.45, 2.75) is 12.5 Å². The van der Waals surface area contributed by atoms with E-state index in [0.29, 0.717) is 6.42 Å². The summed E-state index contributed by atoms with van der Waals surface area (Å²) in [5, 5.41) is 3.76. The molecule has 0 saturated carbocycles. The molecule has 1 N–H and O–H groups in total. The third-order valence-electron chi connectivity index (χ3n) is 3.38. The molecular weight excluding hydrogens is 264 g/mol. The van der Waals surface area contributed by atoms with E-state index in [1.54, 1.807) is 6.20 Å². The lowest BCUT2D eigenvalue weighted by Gasteiger charge is -2.11. The van der Waals surface area contributed by atoms with Gasteiger partial charge in [-0.2, -0.15) is 0 Å². The van der Waals surface area contributed by atoms with Crippen molar-refractivity contribution < 1.29 is 13.2 Å². The molecule has 5 nitrogen and oxygen atoms in total. The Bertz CT molecular complexity index is 733. The second kappa shape index (κ2) is 4.38. The highest BCUT2D eigenvalue weighted by Gasteiger charge is 2.29. The van der Waals surface area contributed by atoms with Crippen LogP contribution in [0.4, 0.5) is 4.79 Å². The molecule has 1 amide bonds. The lowest BCUT2D eigenvalue weighted by molar-refractivity contribution is 0.240. The summed E-state index contributed by atoms with van der Waals surface area (Å²) < 4.78 is 24.2. The Balaban J connectivity index is 1.81. The second-order valence-electron chi connectivity index (χ2n) is 4.79. The Morgan fingerprint density at radius 2 is 2.05 bits per heavy atom. The number of fused-ring (bicyclic) bond motifs is 1. The predicted molar refractivity (Wildman–Crippen MR) is 72.9 cm³/mol. The molecule has 6 heteroatoms. The zero-order chi connectivity index (χ0) is 13.5. The van der Waals surface area contributed by atoms with Crippen LogP contribution in [-0.2, 0) is 9.84 Å². The molecule has 1 aromatic heterocycles. The number of carbonyl (C=O) groups excluding carboxylic acids is 1. The zero-order valence-corrected chi connectivity index (χ0v) is 11.1. The van der Waals surface area contributed by atoms with Crippen molar-refractivity contribution in [3.63, 3.8) is 0 Å². The number of hydrogen-bond acceptors (Lipinski definition) is 3. The van der Waals surface area contributed by atoms with Gasteiger partial charge in [0, 0.05) is 17.6 Å². The Morgan fingerprint density at radius 1 is 1.26 bits per heavy atom. The van der Waals surface area contributed by atoms with Gasteiger partial charge < -0.3 is 5.32 Å². The average molecular weight is 278 g/mol. The van der Waals surface area contributed by atoms with E-state index in [4.69, 9.17) is 0 Å². The monoisotopic (exact) mass is 278 g/mol. The highest BCUT2D eigenvalue weighted by Crippen LogP contribution is 2.16. The number of carbonyl (C=O) groups is 1. The quantitative estimate of drug-likeness (QED) is 0.857. The Morgan fingerprint density at radius 3 is 2.79 bits per heavy atom. The van der Waals surface area contributed by atoms with Crippen LogP contribution < -0.4 is 5.32 Å². The molecule has 0 spiro atoms. The van der Waals surface area contributed by atoms with Gasteiger partial charge in [-0.3, -0.25) is 4.57 Å². The number of hydrogen-bond donors (Lipinski definition) is 1. The molecule has 1 aliphatic rings. The zero-order valence-electron chi connectivity index (χ0n) is 10.2. The summed E-state index contributed by atoms with van der Waals surface area (Å²) in [6.45, 7) is 0. The minimum Gasteiger partial charge on any atom is -0.334 e. The Kier molecular flexibility index (Phi) is 2.82. The van der Waals surface area contributed by atoms with E-state index in [1.165, 1.54) is 4.57 Å². The van der Waals surface area contributed by atoms with Crippen molar-refractivity contribution in [1.29, 1.82) is 0 Å². The average Bonchev–Trinajstić information content (AvgIpc) is 2.92. The van der Waals surface area contributed by atoms with Gasteiger partial charge in [0.1, 0.15) is 0 Å². The maximum atomic E-state index is 12.1. The second-order valence-corrected chi connectivity index (χ2v) is 7.02. The van der Waals surface area contributed by atoms with E-state index in [9.17, 15) is 13.2 Å². The third-order valence-corrected chi connectivity index (χ3v) is 5.15. The molecule has 1 unspecified atom stereocenters. The summed E-state index contributed by atoms with van der Waals surface area (Å²) in [5.74, 6) is 0.197. The van der Waals surface area contributed by atoms with Gasteiger partial charge in [0.2, 0.25) is 0 Å². The van der Waals surface area contributed by atoms with Crippen molar-refractivity contribution in [2.75, 3.05) is 11.5 Å². The highest BCUT2D eigenvalue weighted by atomic mass is 32.2. The minimum absolute atomic E-state index is 0.0396. The minimum atomic E-state index is -2.98. The summed E-state index contributed by atoms with van der Waals surface area (Å²) in [5.41, 5.74) is 0.820. The van der Waals surface area contributed by atoms with E-state index in [-0.39, 0.29) is 23.6 Å². The van der Waals surface area contributed by atoms with Gasteiger partial charge in [0.25, 0.3) is 0 Å². The number of aromatic nitrogens is 1. The maximum Gasteiger partial charge on any atom is 0.326 e. The number of benzene rings is 1. The lowest BCUT2D eigenvalue weighted by atomic mass is 10.2. The lowest BCUT2D eigenvalue weighted by Crippen LogP contribution is -2.38. The summed E-state index contributed by atoms with van der Waals surface area (Å²) in [6.07, 6.45) is 2.19. The van der Waals surface area contributed by atoms with Crippen LogP contribution in [0.1, 0.15) is 6.42 Å². The number of amides is 1.